The Balaban J connectivity index is 1.61. The highest BCUT2D eigenvalue weighted by Gasteiger charge is 2.14. The Kier molecular flexibility index (Phi) is 7.82. The van der Waals surface area contributed by atoms with Crippen molar-refractivity contribution in [3.05, 3.63) is 95.6 Å². The predicted octanol–water partition coefficient (Wildman–Crippen LogP) is 5.09. The van der Waals surface area contributed by atoms with Gasteiger partial charge >= 0.3 is 0 Å². The van der Waals surface area contributed by atoms with Gasteiger partial charge in [0.2, 0.25) is 0 Å². The molecule has 160 valence electrons. The standard InChI is InChI=1S/C26H28N2O3/c1-3-19(2)31-22-15-13-21(14-16-22)25(29)28-24-12-8-7-11-23(24)26(30)27-18-17-20-9-5-4-6-10-20/h4-16,19H,3,17-18H2,1-2H3,(H,27,30)(H,28,29). The van der Waals surface area contributed by atoms with Gasteiger partial charge in [-0.15, -0.1) is 0 Å². The van der Waals surface area contributed by atoms with Gasteiger partial charge in [-0.05, 0) is 61.7 Å². The van der Waals surface area contributed by atoms with Crippen LogP contribution in [0.5, 0.6) is 5.75 Å². The fraction of sp³-hybridized carbons (Fsp3) is 0.231. The van der Waals surface area contributed by atoms with Crippen LogP contribution < -0.4 is 15.4 Å². The molecule has 31 heavy (non-hydrogen) atoms. The number of para-hydroxylation sites is 1. The van der Waals surface area contributed by atoms with Crippen molar-refractivity contribution < 1.29 is 14.3 Å². The highest BCUT2D eigenvalue weighted by molar-refractivity contribution is 6.09. The minimum absolute atomic E-state index is 0.118. The molecule has 5 heteroatoms. The van der Waals surface area contributed by atoms with E-state index in [1.807, 2.05) is 37.3 Å². The van der Waals surface area contributed by atoms with E-state index in [4.69, 9.17) is 4.74 Å². The molecule has 0 aromatic heterocycles. The monoisotopic (exact) mass is 416 g/mol. The van der Waals surface area contributed by atoms with Gasteiger partial charge in [0.15, 0.2) is 0 Å². The lowest BCUT2D eigenvalue weighted by Gasteiger charge is -2.13. The minimum Gasteiger partial charge on any atom is -0.491 e. The minimum atomic E-state index is -0.278. The van der Waals surface area contributed by atoms with Crippen molar-refractivity contribution in [3.8, 4) is 5.75 Å². The van der Waals surface area contributed by atoms with Gasteiger partial charge in [0.1, 0.15) is 5.75 Å². The van der Waals surface area contributed by atoms with Crippen LogP contribution in [0.1, 0.15) is 46.5 Å². The van der Waals surface area contributed by atoms with E-state index in [1.165, 1.54) is 0 Å². The lowest BCUT2D eigenvalue weighted by molar-refractivity contribution is 0.0955. The van der Waals surface area contributed by atoms with Crippen LogP contribution >= 0.6 is 0 Å². The summed E-state index contributed by atoms with van der Waals surface area (Å²) in [7, 11) is 0. The van der Waals surface area contributed by atoms with Crippen molar-refractivity contribution in [2.24, 2.45) is 0 Å². The first-order valence-electron chi connectivity index (χ1n) is 10.6. The van der Waals surface area contributed by atoms with E-state index in [2.05, 4.69) is 17.6 Å². The topological polar surface area (TPSA) is 67.4 Å². The SMILES string of the molecule is CCC(C)Oc1ccc(C(=O)Nc2ccccc2C(=O)NCCc2ccccc2)cc1. The fourth-order valence-electron chi connectivity index (χ4n) is 3.05. The zero-order chi connectivity index (χ0) is 22.1. The lowest BCUT2D eigenvalue weighted by atomic mass is 10.1. The molecule has 5 nitrogen and oxygen atoms in total. The van der Waals surface area contributed by atoms with Gasteiger partial charge in [-0.3, -0.25) is 9.59 Å². The number of nitrogens with one attached hydrogen (secondary N) is 2. The second kappa shape index (κ2) is 11.0. The molecule has 2 amide bonds. The number of ether oxygens (including phenoxy) is 1. The third kappa shape index (κ3) is 6.44. The number of hydrogen-bond acceptors (Lipinski definition) is 3. The van der Waals surface area contributed by atoms with E-state index < -0.39 is 0 Å². The summed E-state index contributed by atoms with van der Waals surface area (Å²) in [4.78, 5) is 25.4. The Bertz CT molecular complexity index is 1000. The maximum Gasteiger partial charge on any atom is 0.255 e. The van der Waals surface area contributed by atoms with Crippen LogP contribution in [-0.4, -0.2) is 24.5 Å². The first-order valence-corrected chi connectivity index (χ1v) is 10.6. The molecule has 0 saturated carbocycles. The Labute approximate surface area is 183 Å². The second-order valence-corrected chi connectivity index (χ2v) is 7.35. The van der Waals surface area contributed by atoms with Gasteiger partial charge in [0.05, 0.1) is 17.4 Å². The third-order valence-corrected chi connectivity index (χ3v) is 4.99. The van der Waals surface area contributed by atoms with Gasteiger partial charge in [-0.25, -0.2) is 0 Å². The predicted molar refractivity (Wildman–Crippen MR) is 124 cm³/mol. The first kappa shape index (κ1) is 22.1. The van der Waals surface area contributed by atoms with Crippen molar-refractivity contribution in [2.75, 3.05) is 11.9 Å². The van der Waals surface area contributed by atoms with Crippen LogP contribution in [0.4, 0.5) is 5.69 Å². The highest BCUT2D eigenvalue weighted by Crippen LogP contribution is 2.19. The summed E-state index contributed by atoms with van der Waals surface area (Å²) >= 11 is 0. The summed E-state index contributed by atoms with van der Waals surface area (Å²) in [5.74, 6) is 0.229. The van der Waals surface area contributed by atoms with Crippen LogP contribution in [0.25, 0.3) is 0 Å². The molecule has 3 aromatic carbocycles. The van der Waals surface area contributed by atoms with E-state index in [0.717, 1.165) is 24.2 Å². The molecule has 0 radical (unpaired) electrons. The van der Waals surface area contributed by atoms with Crippen LogP contribution in [-0.2, 0) is 6.42 Å². The molecule has 0 aliphatic rings. The van der Waals surface area contributed by atoms with Crippen LogP contribution in [0, 0.1) is 0 Å². The smallest absolute Gasteiger partial charge is 0.255 e. The van der Waals surface area contributed by atoms with Crippen LogP contribution in [0.15, 0.2) is 78.9 Å². The molecule has 1 unspecified atom stereocenters. The van der Waals surface area contributed by atoms with Crippen molar-refractivity contribution in [3.63, 3.8) is 0 Å². The van der Waals surface area contributed by atoms with E-state index in [0.29, 0.717) is 23.4 Å². The molecule has 0 fully saturated rings. The molecule has 0 bridgehead atoms. The summed E-state index contributed by atoms with van der Waals surface area (Å²) < 4.78 is 5.75. The van der Waals surface area contributed by atoms with Gasteiger partial charge in [-0.2, -0.15) is 0 Å². The Hall–Kier alpha value is -3.60. The summed E-state index contributed by atoms with van der Waals surface area (Å²) in [5, 5.41) is 5.77. The molecule has 0 aliphatic heterocycles. The second-order valence-electron chi connectivity index (χ2n) is 7.35. The molecule has 1 atom stereocenters. The normalized spacial score (nSPS) is 11.4. The lowest BCUT2D eigenvalue weighted by Crippen LogP contribution is -2.27. The number of amides is 2. The number of rotatable bonds is 9. The first-order chi connectivity index (χ1) is 15.1. The molecular weight excluding hydrogens is 388 g/mol. The highest BCUT2D eigenvalue weighted by atomic mass is 16.5. The maximum atomic E-state index is 12.7. The maximum absolute atomic E-state index is 12.7. The van der Waals surface area contributed by atoms with Crippen LogP contribution in [0.2, 0.25) is 0 Å². The molecule has 3 aromatic rings. The molecule has 2 N–H and O–H groups in total. The van der Waals surface area contributed by atoms with Crippen molar-refractivity contribution in [1.82, 2.24) is 5.32 Å². The zero-order valence-corrected chi connectivity index (χ0v) is 17.9. The fourth-order valence-corrected chi connectivity index (χ4v) is 3.05. The Morgan fingerprint density at radius 3 is 2.26 bits per heavy atom. The van der Waals surface area contributed by atoms with Crippen molar-refractivity contribution in [2.45, 2.75) is 32.8 Å². The van der Waals surface area contributed by atoms with Gasteiger partial charge in [0, 0.05) is 12.1 Å². The largest absolute Gasteiger partial charge is 0.491 e. The molecular formula is C26H28N2O3. The van der Waals surface area contributed by atoms with Gasteiger partial charge in [0.25, 0.3) is 11.8 Å². The molecule has 0 heterocycles. The van der Waals surface area contributed by atoms with E-state index >= 15 is 0 Å². The zero-order valence-electron chi connectivity index (χ0n) is 17.9. The van der Waals surface area contributed by atoms with E-state index in [-0.39, 0.29) is 17.9 Å². The molecule has 3 rings (SSSR count). The van der Waals surface area contributed by atoms with E-state index in [1.54, 1.807) is 48.5 Å². The Morgan fingerprint density at radius 2 is 1.55 bits per heavy atom. The number of anilines is 1. The van der Waals surface area contributed by atoms with Crippen molar-refractivity contribution >= 4 is 17.5 Å². The Morgan fingerprint density at radius 1 is 0.871 bits per heavy atom. The van der Waals surface area contributed by atoms with E-state index in [9.17, 15) is 9.59 Å². The average Bonchev–Trinajstić information content (AvgIpc) is 2.80. The van der Waals surface area contributed by atoms with Gasteiger partial charge < -0.3 is 15.4 Å². The molecule has 0 spiro atoms. The summed E-state index contributed by atoms with van der Waals surface area (Å²) in [5.41, 5.74) is 2.56. The number of hydrogen-bond donors (Lipinski definition) is 2. The number of benzene rings is 3. The number of carbonyl (C=O) groups is 2. The summed E-state index contributed by atoms with van der Waals surface area (Å²) in [6.45, 7) is 4.58. The molecule has 0 saturated heterocycles. The number of carbonyl (C=O) groups excluding carboxylic acids is 2. The molecule has 0 aliphatic carbocycles. The van der Waals surface area contributed by atoms with Crippen molar-refractivity contribution in [1.29, 1.82) is 0 Å². The van der Waals surface area contributed by atoms with Gasteiger partial charge in [-0.1, -0.05) is 49.4 Å². The van der Waals surface area contributed by atoms with Crippen LogP contribution in [0.3, 0.4) is 0 Å². The third-order valence-electron chi connectivity index (χ3n) is 4.99. The summed E-state index contributed by atoms with van der Waals surface area (Å²) in [6.07, 6.45) is 1.77. The average molecular weight is 417 g/mol. The quantitative estimate of drug-likeness (QED) is 0.511. The summed E-state index contributed by atoms with van der Waals surface area (Å²) in [6, 6.07) is 24.0.